The average Bonchev–Trinajstić information content (AvgIpc) is 3.58. The van der Waals surface area contributed by atoms with Crippen molar-refractivity contribution in [3.63, 3.8) is 0 Å². The highest BCUT2D eigenvalue weighted by atomic mass is 32.1. The Morgan fingerprint density at radius 2 is 1.45 bits per heavy atom. The van der Waals surface area contributed by atoms with Gasteiger partial charge >= 0.3 is 5.91 Å². The second-order valence-electron chi connectivity index (χ2n) is 10.0. The van der Waals surface area contributed by atoms with E-state index in [2.05, 4.69) is 0 Å². The van der Waals surface area contributed by atoms with Crippen molar-refractivity contribution in [2.45, 2.75) is 26.5 Å². The Hall–Kier alpha value is -5.15. The normalized spacial score (nSPS) is 16.0. The topological polar surface area (TPSA) is 98.2 Å². The number of amides is 1. The highest BCUT2D eigenvalue weighted by Crippen LogP contribution is 2.45. The van der Waals surface area contributed by atoms with Crippen molar-refractivity contribution in [2.24, 2.45) is 0 Å². The smallest absolute Gasteiger partial charge is 0.301 e. The molecule has 1 atom stereocenters. The number of thiazole rings is 1. The molecule has 222 valence electrons. The van der Waals surface area contributed by atoms with Crippen LogP contribution in [0.1, 0.15) is 36.6 Å². The molecule has 1 N–H and O–H groups in total. The fourth-order valence-corrected chi connectivity index (χ4v) is 6.14. The number of rotatable bonds is 10. The summed E-state index contributed by atoms with van der Waals surface area (Å²) in [6.07, 6.45) is 0. The zero-order chi connectivity index (χ0) is 30.6. The fourth-order valence-electron chi connectivity index (χ4n) is 5.12. The number of Topliss-reactive ketones (excluding diaryl/α,β-unsaturated/α-hetero) is 1. The average molecular weight is 607 g/mol. The molecule has 9 heteroatoms. The minimum atomic E-state index is -0.920. The molecule has 1 amide bonds. The van der Waals surface area contributed by atoms with Gasteiger partial charge in [0.05, 0.1) is 35.0 Å². The summed E-state index contributed by atoms with van der Waals surface area (Å²) in [4.78, 5) is 33.4. The second kappa shape index (κ2) is 12.6. The molecule has 44 heavy (non-hydrogen) atoms. The van der Waals surface area contributed by atoms with Crippen LogP contribution in [0.5, 0.6) is 17.2 Å². The van der Waals surface area contributed by atoms with Crippen molar-refractivity contribution in [3.05, 3.63) is 119 Å². The molecular weight excluding hydrogens is 576 g/mol. The third-order valence-electron chi connectivity index (χ3n) is 7.19. The van der Waals surface area contributed by atoms with Gasteiger partial charge in [0, 0.05) is 5.56 Å². The molecule has 1 aliphatic heterocycles. The number of aliphatic hydroxyl groups excluding tert-OH is 1. The number of ether oxygens (including phenoxy) is 3. The van der Waals surface area contributed by atoms with Crippen LogP contribution in [0.3, 0.4) is 0 Å². The number of ketones is 1. The van der Waals surface area contributed by atoms with E-state index in [1.165, 1.54) is 16.2 Å². The molecule has 2 heterocycles. The third kappa shape index (κ3) is 5.74. The summed E-state index contributed by atoms with van der Waals surface area (Å²) in [7, 11) is 0. The van der Waals surface area contributed by atoms with Gasteiger partial charge in [-0.05, 0) is 79.6 Å². The van der Waals surface area contributed by atoms with Crippen LogP contribution >= 0.6 is 11.3 Å². The van der Waals surface area contributed by atoms with Crippen LogP contribution in [0.25, 0.3) is 16.0 Å². The third-order valence-corrected chi connectivity index (χ3v) is 8.21. The van der Waals surface area contributed by atoms with E-state index in [-0.39, 0.29) is 11.3 Å². The van der Waals surface area contributed by atoms with E-state index in [0.29, 0.717) is 58.8 Å². The van der Waals surface area contributed by atoms with Crippen LogP contribution in [0, 0.1) is 0 Å². The van der Waals surface area contributed by atoms with Crippen LogP contribution in [0.15, 0.2) is 103 Å². The number of anilines is 1. The molecule has 8 nitrogen and oxygen atoms in total. The molecule has 6 rings (SSSR count). The number of aliphatic hydroxyl groups is 1. The van der Waals surface area contributed by atoms with Gasteiger partial charge in [-0.2, -0.15) is 0 Å². The number of hydrogen-bond acceptors (Lipinski definition) is 8. The summed E-state index contributed by atoms with van der Waals surface area (Å²) in [5.41, 5.74) is 2.70. The molecule has 1 aliphatic rings. The molecule has 5 aromatic rings. The summed E-state index contributed by atoms with van der Waals surface area (Å²) in [5.74, 6) is 0.118. The Labute approximate surface area is 258 Å². The van der Waals surface area contributed by atoms with Crippen molar-refractivity contribution < 1.29 is 28.9 Å². The molecule has 0 saturated carbocycles. The summed E-state index contributed by atoms with van der Waals surface area (Å²) in [6.45, 7) is 5.20. The first kappa shape index (κ1) is 28.9. The minimum Gasteiger partial charge on any atom is -0.507 e. The zero-order valence-corrected chi connectivity index (χ0v) is 25.0. The van der Waals surface area contributed by atoms with E-state index < -0.39 is 17.7 Å². The Morgan fingerprint density at radius 1 is 0.818 bits per heavy atom. The van der Waals surface area contributed by atoms with Gasteiger partial charge in [-0.15, -0.1) is 0 Å². The summed E-state index contributed by atoms with van der Waals surface area (Å²) < 4.78 is 17.9. The van der Waals surface area contributed by atoms with E-state index in [1.54, 1.807) is 48.5 Å². The van der Waals surface area contributed by atoms with Crippen molar-refractivity contribution in [1.82, 2.24) is 4.98 Å². The van der Waals surface area contributed by atoms with Gasteiger partial charge in [0.25, 0.3) is 5.78 Å². The van der Waals surface area contributed by atoms with Gasteiger partial charge in [0.2, 0.25) is 0 Å². The van der Waals surface area contributed by atoms with Crippen LogP contribution in [-0.2, 0) is 16.2 Å². The van der Waals surface area contributed by atoms with E-state index in [9.17, 15) is 14.7 Å². The van der Waals surface area contributed by atoms with Crippen molar-refractivity contribution >= 4 is 44.1 Å². The number of hydrogen-bond donors (Lipinski definition) is 1. The minimum absolute atomic E-state index is 0.0219. The summed E-state index contributed by atoms with van der Waals surface area (Å²) >= 11 is 1.28. The SMILES string of the molecule is CCOc1ccc(/C(O)=C2\C(=O)C(=O)N(c3nc4ccc(OCC)cc4s3)C2c2ccc(OCc3ccccc3)cc2)cc1. The maximum Gasteiger partial charge on any atom is 0.301 e. The molecular formula is C35H30N2O6S. The highest BCUT2D eigenvalue weighted by molar-refractivity contribution is 7.22. The lowest BCUT2D eigenvalue weighted by Gasteiger charge is -2.23. The highest BCUT2D eigenvalue weighted by Gasteiger charge is 2.48. The van der Waals surface area contributed by atoms with E-state index in [0.717, 1.165) is 10.3 Å². The number of benzene rings is 4. The van der Waals surface area contributed by atoms with Crippen molar-refractivity contribution in [1.29, 1.82) is 0 Å². The van der Waals surface area contributed by atoms with Gasteiger partial charge in [-0.1, -0.05) is 53.8 Å². The Balaban J connectivity index is 1.41. The first-order valence-electron chi connectivity index (χ1n) is 14.3. The largest absolute Gasteiger partial charge is 0.507 e. The van der Waals surface area contributed by atoms with Crippen molar-refractivity contribution in [3.8, 4) is 17.2 Å². The van der Waals surface area contributed by atoms with Crippen LogP contribution in [0.2, 0.25) is 0 Å². The van der Waals surface area contributed by atoms with Gasteiger partial charge in [-0.25, -0.2) is 4.98 Å². The lowest BCUT2D eigenvalue weighted by atomic mass is 9.95. The van der Waals surface area contributed by atoms with Crippen molar-refractivity contribution in [2.75, 3.05) is 18.1 Å². The zero-order valence-electron chi connectivity index (χ0n) is 24.2. The van der Waals surface area contributed by atoms with Gasteiger partial charge in [-0.3, -0.25) is 14.5 Å². The Bertz CT molecular complexity index is 1830. The molecule has 0 spiro atoms. The Morgan fingerprint density at radius 3 is 2.16 bits per heavy atom. The fraction of sp³-hybridized carbons (Fsp3) is 0.171. The van der Waals surface area contributed by atoms with Gasteiger partial charge in [0.15, 0.2) is 5.13 Å². The Kier molecular flexibility index (Phi) is 8.29. The molecule has 1 fully saturated rings. The predicted octanol–water partition coefficient (Wildman–Crippen LogP) is 7.30. The summed E-state index contributed by atoms with van der Waals surface area (Å²) in [6, 6.07) is 28.4. The monoisotopic (exact) mass is 606 g/mol. The number of aromatic nitrogens is 1. The van der Waals surface area contributed by atoms with E-state index in [1.807, 2.05) is 62.4 Å². The predicted molar refractivity (Wildman–Crippen MR) is 170 cm³/mol. The molecule has 0 bridgehead atoms. The van der Waals surface area contributed by atoms with Crippen LogP contribution < -0.4 is 19.1 Å². The number of carbonyl (C=O) groups excluding carboxylic acids is 2. The number of fused-ring (bicyclic) bond motifs is 1. The van der Waals surface area contributed by atoms with Crippen LogP contribution in [-0.4, -0.2) is 35.0 Å². The van der Waals surface area contributed by atoms with Gasteiger partial charge < -0.3 is 19.3 Å². The summed E-state index contributed by atoms with van der Waals surface area (Å²) in [5, 5.41) is 11.9. The standard InChI is InChI=1S/C35H30N2O6S/c1-3-41-25-16-12-24(13-17-25)32(38)30-31(23-10-14-26(15-11-23)43-21-22-8-6-5-7-9-22)37(34(40)33(30)39)35-36-28-19-18-27(42-4-2)20-29(28)44-35/h5-20,31,38H,3-4,21H2,1-2H3/b32-30+. The molecule has 1 aromatic heterocycles. The maximum atomic E-state index is 13.7. The lowest BCUT2D eigenvalue weighted by molar-refractivity contribution is -0.132. The second-order valence-corrected chi connectivity index (χ2v) is 11.0. The maximum absolute atomic E-state index is 13.7. The van der Waals surface area contributed by atoms with Gasteiger partial charge in [0.1, 0.15) is 29.6 Å². The van der Waals surface area contributed by atoms with Crippen LogP contribution in [0.4, 0.5) is 5.13 Å². The van der Waals surface area contributed by atoms with E-state index in [4.69, 9.17) is 19.2 Å². The molecule has 1 unspecified atom stereocenters. The molecule has 4 aromatic carbocycles. The molecule has 1 saturated heterocycles. The molecule has 0 radical (unpaired) electrons. The number of carbonyl (C=O) groups is 2. The lowest BCUT2D eigenvalue weighted by Crippen LogP contribution is -2.29. The van der Waals surface area contributed by atoms with E-state index >= 15 is 0 Å². The first-order valence-corrected chi connectivity index (χ1v) is 15.1. The first-order chi connectivity index (χ1) is 21.5. The quantitative estimate of drug-likeness (QED) is 0.101. The molecule has 0 aliphatic carbocycles. The number of nitrogens with zero attached hydrogens (tertiary/aromatic N) is 2.